The predicted octanol–water partition coefficient (Wildman–Crippen LogP) is 7.16. The third-order valence-corrected chi connectivity index (χ3v) is 11.2. The monoisotopic (exact) mass is 792 g/mol. The quantitative estimate of drug-likeness (QED) is 0.178. The van der Waals surface area contributed by atoms with E-state index in [0.29, 0.717) is 11.5 Å². The molecule has 1 heterocycles. The molecule has 6 rings (SSSR count). The fourth-order valence-electron chi connectivity index (χ4n) is 8.20. The fourth-order valence-corrected chi connectivity index (χ4v) is 8.57. The van der Waals surface area contributed by atoms with Gasteiger partial charge in [0.25, 0.3) is 0 Å². The first-order valence-electron chi connectivity index (χ1n) is 18.3. The lowest BCUT2D eigenvalue weighted by atomic mass is 9.43. The van der Waals surface area contributed by atoms with Gasteiger partial charge in [0.05, 0.1) is 44.0 Å². The Morgan fingerprint density at radius 3 is 2.13 bits per heavy atom. The minimum atomic E-state index is -1.79. The molecule has 4 aliphatic rings. The van der Waals surface area contributed by atoms with Gasteiger partial charge in [0.1, 0.15) is 40.2 Å². The van der Waals surface area contributed by atoms with Gasteiger partial charge >= 0.3 is 19.2 Å². The number of carbonyl (C=O) groups is 3. The van der Waals surface area contributed by atoms with Gasteiger partial charge in [-0.25, -0.2) is 18.4 Å². The second-order valence-corrected chi connectivity index (χ2v) is 17.6. The Balaban J connectivity index is 1.59. The van der Waals surface area contributed by atoms with Gasteiger partial charge in [-0.05, 0) is 96.6 Å². The van der Waals surface area contributed by atoms with Gasteiger partial charge < -0.3 is 43.6 Å². The molecule has 16 heteroatoms. The largest absolute Gasteiger partial charge is 0.495 e. The van der Waals surface area contributed by atoms with Crippen molar-refractivity contribution in [3.8, 4) is 17.2 Å². The van der Waals surface area contributed by atoms with E-state index in [2.05, 4.69) is 24.5 Å². The van der Waals surface area contributed by atoms with E-state index in [-0.39, 0.29) is 46.1 Å². The Labute approximate surface area is 326 Å². The van der Waals surface area contributed by atoms with E-state index in [1.54, 1.807) is 41.5 Å². The van der Waals surface area contributed by atoms with E-state index in [0.717, 1.165) is 25.0 Å². The van der Waals surface area contributed by atoms with Gasteiger partial charge in [-0.1, -0.05) is 31.5 Å². The molecule has 4 fully saturated rings. The highest BCUT2D eigenvalue weighted by Gasteiger charge is 2.68. The highest BCUT2D eigenvalue weighted by atomic mass is 35.5. The molecule has 6 atom stereocenters. The number of benzene rings is 2. The number of carbonyl (C=O) groups excluding carboxylic acids is 3. The molecule has 2 aromatic carbocycles. The normalized spacial score (nSPS) is 23.8. The molecule has 2 N–H and O–H groups in total. The second-order valence-electron chi connectivity index (χ2n) is 17.2. The SMILES string of the molecule is COc1cc(F)c(C(NC(=O)OC(C)(C)C)C(=O)NC(Cc2ccc(F)c(C(=O)OC(C)(C)C)c2OC)B2O[C@@H]3C[C@@H]4C[C@@H](C4(C)C)[C@]3(C)O2)c(Cl)c1OC. The Morgan fingerprint density at radius 2 is 1.56 bits per heavy atom. The van der Waals surface area contributed by atoms with Crippen molar-refractivity contribution in [2.75, 3.05) is 21.3 Å². The van der Waals surface area contributed by atoms with Crippen LogP contribution in [0.1, 0.15) is 103 Å². The van der Waals surface area contributed by atoms with Crippen LogP contribution in [0, 0.1) is 28.9 Å². The molecule has 55 heavy (non-hydrogen) atoms. The van der Waals surface area contributed by atoms with E-state index in [9.17, 15) is 14.4 Å². The molecule has 302 valence electrons. The summed E-state index contributed by atoms with van der Waals surface area (Å²) in [6.07, 6.45) is 0.212. The first kappa shape index (κ1) is 42.3. The summed E-state index contributed by atoms with van der Waals surface area (Å²) in [5.41, 5.74) is -3.20. The number of rotatable bonds is 11. The van der Waals surface area contributed by atoms with E-state index in [1.165, 1.54) is 27.4 Å². The van der Waals surface area contributed by atoms with Crippen LogP contribution in [0.2, 0.25) is 5.02 Å². The topological polar surface area (TPSA) is 140 Å². The number of methoxy groups -OCH3 is 3. The van der Waals surface area contributed by atoms with E-state index in [4.69, 9.17) is 44.6 Å². The molecule has 3 aliphatic carbocycles. The zero-order chi connectivity index (χ0) is 41.0. The second kappa shape index (κ2) is 15.3. The lowest BCUT2D eigenvalue weighted by Crippen LogP contribution is -2.65. The summed E-state index contributed by atoms with van der Waals surface area (Å²) in [6.45, 7) is 16.3. The van der Waals surface area contributed by atoms with Crippen LogP contribution < -0.4 is 24.8 Å². The minimum Gasteiger partial charge on any atom is -0.495 e. The number of nitrogens with one attached hydrogen (secondary N) is 2. The van der Waals surface area contributed by atoms with Crippen molar-refractivity contribution in [1.29, 1.82) is 0 Å². The lowest BCUT2D eigenvalue weighted by Gasteiger charge is -2.64. The average molecular weight is 793 g/mol. The zero-order valence-corrected chi connectivity index (χ0v) is 34.3. The van der Waals surface area contributed by atoms with Crippen molar-refractivity contribution in [3.05, 3.63) is 51.5 Å². The van der Waals surface area contributed by atoms with Crippen molar-refractivity contribution in [1.82, 2.24) is 10.6 Å². The predicted molar refractivity (Wildman–Crippen MR) is 200 cm³/mol. The molecule has 2 unspecified atom stereocenters. The van der Waals surface area contributed by atoms with Gasteiger partial charge in [0.15, 0.2) is 11.5 Å². The lowest BCUT2D eigenvalue weighted by molar-refractivity contribution is -0.199. The van der Waals surface area contributed by atoms with Gasteiger partial charge in [-0.2, -0.15) is 0 Å². The van der Waals surface area contributed by atoms with E-state index >= 15 is 8.78 Å². The van der Waals surface area contributed by atoms with Crippen LogP contribution in [0.4, 0.5) is 13.6 Å². The Bertz CT molecular complexity index is 1830. The summed E-state index contributed by atoms with van der Waals surface area (Å²) in [5.74, 6) is -4.46. The van der Waals surface area contributed by atoms with Crippen molar-refractivity contribution in [2.45, 2.75) is 116 Å². The highest BCUT2D eigenvalue weighted by molar-refractivity contribution is 6.48. The third-order valence-electron chi connectivity index (χ3n) is 10.9. The van der Waals surface area contributed by atoms with E-state index in [1.807, 2.05) is 6.92 Å². The number of alkyl carbamates (subject to hydrolysis) is 1. The molecule has 0 radical (unpaired) electrons. The van der Waals surface area contributed by atoms with Crippen LogP contribution in [0.15, 0.2) is 18.2 Å². The molecule has 1 aliphatic heterocycles. The van der Waals surface area contributed by atoms with Crippen molar-refractivity contribution >= 4 is 36.7 Å². The zero-order valence-electron chi connectivity index (χ0n) is 33.5. The molecular weight excluding hydrogens is 741 g/mol. The molecule has 2 amide bonds. The van der Waals surface area contributed by atoms with Crippen molar-refractivity contribution < 1.29 is 56.2 Å². The molecule has 0 aromatic heterocycles. The Morgan fingerprint density at radius 1 is 0.927 bits per heavy atom. The average Bonchev–Trinajstić information content (AvgIpc) is 3.43. The molecule has 2 aromatic rings. The molecule has 3 saturated carbocycles. The summed E-state index contributed by atoms with van der Waals surface area (Å²) in [6, 6.07) is 1.73. The van der Waals surface area contributed by atoms with E-state index < -0.39 is 76.6 Å². The fraction of sp³-hybridized carbons (Fsp3) is 0.615. The standard InChI is InChI=1S/C39H52BClF2N2O10/c1-36(2,3)52-34(47)28-21(42)14-13-19(31(28)50-11)15-26(40-54-25-17-20-16-24(38(20,7)8)39(25,9)55-40)44-33(46)30(45-35(48)53-37(4,5)6)27-22(43)18-23(49-10)32(51-12)29(27)41/h13-14,18,20,24-26,30H,15-17H2,1-12H3,(H,44,46)(H,45,48)/t20-,24-,25+,26?,30?,39-/m0/s1. The maximum Gasteiger partial charge on any atom is 0.482 e. The molecule has 2 bridgehead atoms. The summed E-state index contributed by atoms with van der Waals surface area (Å²) in [5, 5.41) is 5.04. The Kier molecular flexibility index (Phi) is 11.7. The maximum atomic E-state index is 16.0. The number of esters is 1. The minimum absolute atomic E-state index is 0.00509. The maximum absolute atomic E-state index is 16.0. The Hall–Kier alpha value is -3.82. The van der Waals surface area contributed by atoms with Crippen molar-refractivity contribution in [3.63, 3.8) is 0 Å². The first-order chi connectivity index (χ1) is 25.4. The highest BCUT2D eigenvalue weighted by Crippen LogP contribution is 2.65. The molecular formula is C39H52BClF2N2O10. The van der Waals surface area contributed by atoms with Gasteiger partial charge in [0, 0.05) is 11.6 Å². The van der Waals surface area contributed by atoms with Crippen LogP contribution in [0.3, 0.4) is 0 Å². The summed E-state index contributed by atoms with van der Waals surface area (Å²) in [7, 11) is 2.79. The summed E-state index contributed by atoms with van der Waals surface area (Å²) >= 11 is 6.68. The smallest absolute Gasteiger partial charge is 0.482 e. The summed E-state index contributed by atoms with van der Waals surface area (Å²) in [4.78, 5) is 41.1. The van der Waals surface area contributed by atoms with Crippen LogP contribution in [0.5, 0.6) is 17.2 Å². The number of hydrogen-bond acceptors (Lipinski definition) is 10. The molecule has 12 nitrogen and oxygen atoms in total. The van der Waals surface area contributed by atoms with Gasteiger partial charge in [-0.3, -0.25) is 4.79 Å². The first-order valence-corrected chi connectivity index (χ1v) is 18.6. The molecule has 1 saturated heterocycles. The molecule has 0 spiro atoms. The third kappa shape index (κ3) is 8.34. The number of amides is 2. The number of ether oxygens (including phenoxy) is 5. The number of hydrogen-bond donors (Lipinski definition) is 2. The van der Waals surface area contributed by atoms with Gasteiger partial charge in [-0.15, -0.1) is 0 Å². The number of halogens is 3. The summed E-state index contributed by atoms with van der Waals surface area (Å²) < 4.78 is 71.9. The van der Waals surface area contributed by atoms with Crippen LogP contribution >= 0.6 is 11.6 Å². The van der Waals surface area contributed by atoms with Gasteiger partial charge in [0.2, 0.25) is 5.91 Å². The van der Waals surface area contributed by atoms with Crippen LogP contribution in [-0.4, -0.2) is 75.3 Å². The van der Waals surface area contributed by atoms with Crippen molar-refractivity contribution in [2.24, 2.45) is 17.3 Å². The van der Waals surface area contributed by atoms with Crippen LogP contribution in [0.25, 0.3) is 0 Å². The van der Waals surface area contributed by atoms with Crippen LogP contribution in [-0.2, 0) is 30.0 Å².